The highest BCUT2D eigenvalue weighted by molar-refractivity contribution is 6.32. The van der Waals surface area contributed by atoms with E-state index in [0.717, 1.165) is 16.7 Å². The fourth-order valence-corrected chi connectivity index (χ4v) is 3.42. The highest BCUT2D eigenvalue weighted by atomic mass is 35.5. The smallest absolute Gasteiger partial charge is 0.180 e. The van der Waals surface area contributed by atoms with Crippen LogP contribution in [-0.4, -0.2) is 18.3 Å². The lowest BCUT2D eigenvalue weighted by Gasteiger charge is -2.16. The second-order valence-electron chi connectivity index (χ2n) is 6.81. The Morgan fingerprint density at radius 3 is 2.37 bits per heavy atom. The average Bonchev–Trinajstić information content (AvgIpc) is 2.75. The number of nitrogens with one attached hydrogen (secondary N) is 1. The fourth-order valence-electron chi connectivity index (χ4n) is 3.01. The molecular formula is C24H25Cl2NO3. The Labute approximate surface area is 187 Å². The summed E-state index contributed by atoms with van der Waals surface area (Å²) in [6, 6.07) is 20.8. The van der Waals surface area contributed by atoms with Gasteiger partial charge in [0.1, 0.15) is 6.61 Å². The number of benzene rings is 3. The van der Waals surface area contributed by atoms with E-state index >= 15 is 0 Å². The molecule has 158 valence electrons. The van der Waals surface area contributed by atoms with E-state index in [9.17, 15) is 5.11 Å². The average molecular weight is 446 g/mol. The summed E-state index contributed by atoms with van der Waals surface area (Å²) in [4.78, 5) is 0. The van der Waals surface area contributed by atoms with Crippen molar-refractivity contribution in [1.82, 2.24) is 5.32 Å². The Bertz CT molecular complexity index is 933. The first kappa shape index (κ1) is 22.4. The molecule has 3 aromatic rings. The SMILES string of the molecule is CCOc1cc(CNC[C@@H](O)c2ccccc2)cc(Cl)c1OCc1ccc(Cl)cc1. The van der Waals surface area contributed by atoms with Gasteiger partial charge in [0, 0.05) is 18.1 Å². The normalized spacial score (nSPS) is 11.9. The van der Waals surface area contributed by atoms with Crippen LogP contribution in [-0.2, 0) is 13.2 Å². The maximum atomic E-state index is 10.3. The molecule has 0 bridgehead atoms. The van der Waals surface area contributed by atoms with Crippen LogP contribution in [0.5, 0.6) is 11.5 Å². The van der Waals surface area contributed by atoms with E-state index in [4.69, 9.17) is 32.7 Å². The van der Waals surface area contributed by atoms with Gasteiger partial charge in [-0.2, -0.15) is 0 Å². The fraction of sp³-hybridized carbons (Fsp3) is 0.250. The summed E-state index contributed by atoms with van der Waals surface area (Å²) in [5.74, 6) is 1.11. The van der Waals surface area contributed by atoms with Crippen molar-refractivity contribution in [2.24, 2.45) is 0 Å². The molecular weight excluding hydrogens is 421 g/mol. The predicted molar refractivity (Wildman–Crippen MR) is 122 cm³/mol. The quantitative estimate of drug-likeness (QED) is 0.414. The van der Waals surface area contributed by atoms with Crippen LogP contribution in [0.25, 0.3) is 0 Å². The largest absolute Gasteiger partial charge is 0.490 e. The van der Waals surface area contributed by atoms with E-state index < -0.39 is 6.10 Å². The molecule has 4 nitrogen and oxygen atoms in total. The van der Waals surface area contributed by atoms with Gasteiger partial charge in [0.2, 0.25) is 0 Å². The van der Waals surface area contributed by atoms with Crippen LogP contribution in [0.1, 0.15) is 29.7 Å². The number of halogens is 2. The lowest BCUT2D eigenvalue weighted by molar-refractivity contribution is 0.174. The third-order valence-electron chi connectivity index (χ3n) is 4.52. The van der Waals surface area contributed by atoms with Gasteiger partial charge in [0.15, 0.2) is 11.5 Å². The van der Waals surface area contributed by atoms with Crippen LogP contribution in [0.15, 0.2) is 66.7 Å². The molecule has 0 heterocycles. The van der Waals surface area contributed by atoms with E-state index in [0.29, 0.717) is 47.8 Å². The van der Waals surface area contributed by atoms with E-state index in [1.165, 1.54) is 0 Å². The molecule has 0 amide bonds. The lowest BCUT2D eigenvalue weighted by atomic mass is 10.1. The van der Waals surface area contributed by atoms with Crippen molar-refractivity contribution in [2.45, 2.75) is 26.2 Å². The summed E-state index contributed by atoms with van der Waals surface area (Å²) < 4.78 is 11.7. The van der Waals surface area contributed by atoms with E-state index in [2.05, 4.69) is 5.32 Å². The third kappa shape index (κ3) is 6.38. The Hall–Kier alpha value is -2.24. The monoisotopic (exact) mass is 445 g/mol. The molecule has 0 unspecified atom stereocenters. The number of aliphatic hydroxyl groups excluding tert-OH is 1. The summed E-state index contributed by atoms with van der Waals surface area (Å²) in [5.41, 5.74) is 2.81. The van der Waals surface area contributed by atoms with Gasteiger partial charge in [-0.05, 0) is 47.9 Å². The minimum Gasteiger partial charge on any atom is -0.490 e. The number of ether oxygens (including phenoxy) is 2. The van der Waals surface area contributed by atoms with Gasteiger partial charge in [0.25, 0.3) is 0 Å². The summed E-state index contributed by atoms with van der Waals surface area (Å²) in [5, 5.41) is 14.7. The molecule has 0 saturated carbocycles. The van der Waals surface area contributed by atoms with E-state index in [1.54, 1.807) is 0 Å². The van der Waals surface area contributed by atoms with Crippen LogP contribution >= 0.6 is 23.2 Å². The Morgan fingerprint density at radius 1 is 0.933 bits per heavy atom. The number of hydrogen-bond acceptors (Lipinski definition) is 4. The Kier molecular flexibility index (Phi) is 8.40. The zero-order valence-corrected chi connectivity index (χ0v) is 18.3. The molecule has 0 aliphatic heterocycles. The second-order valence-corrected chi connectivity index (χ2v) is 7.65. The van der Waals surface area contributed by atoms with Crippen molar-refractivity contribution < 1.29 is 14.6 Å². The molecule has 0 aliphatic rings. The minimum absolute atomic E-state index is 0.359. The molecule has 30 heavy (non-hydrogen) atoms. The minimum atomic E-state index is -0.574. The van der Waals surface area contributed by atoms with Crippen LogP contribution in [0.3, 0.4) is 0 Å². The van der Waals surface area contributed by atoms with Crippen molar-refractivity contribution in [1.29, 1.82) is 0 Å². The molecule has 0 spiro atoms. The first-order chi connectivity index (χ1) is 14.6. The predicted octanol–water partition coefficient (Wildman–Crippen LogP) is 5.79. The topological polar surface area (TPSA) is 50.7 Å². The van der Waals surface area contributed by atoms with Crippen LogP contribution in [0.2, 0.25) is 10.0 Å². The second kappa shape index (κ2) is 11.2. The van der Waals surface area contributed by atoms with Crippen molar-refractivity contribution >= 4 is 23.2 Å². The first-order valence-electron chi connectivity index (χ1n) is 9.83. The van der Waals surface area contributed by atoms with Crippen molar-refractivity contribution in [3.63, 3.8) is 0 Å². The molecule has 1 atom stereocenters. The summed E-state index contributed by atoms with van der Waals surface area (Å²) in [6.07, 6.45) is -0.574. The lowest BCUT2D eigenvalue weighted by Crippen LogP contribution is -2.21. The number of hydrogen-bond donors (Lipinski definition) is 2. The highest BCUT2D eigenvalue weighted by Crippen LogP contribution is 2.37. The summed E-state index contributed by atoms with van der Waals surface area (Å²) in [7, 11) is 0. The molecule has 0 aromatic heterocycles. The van der Waals surface area contributed by atoms with Gasteiger partial charge < -0.3 is 19.9 Å². The molecule has 0 fully saturated rings. The zero-order valence-electron chi connectivity index (χ0n) is 16.8. The summed E-state index contributed by atoms with van der Waals surface area (Å²) >= 11 is 12.4. The van der Waals surface area contributed by atoms with Gasteiger partial charge in [0.05, 0.1) is 17.7 Å². The number of rotatable bonds is 10. The third-order valence-corrected chi connectivity index (χ3v) is 5.05. The number of aliphatic hydroxyl groups is 1. The molecule has 3 aromatic carbocycles. The first-order valence-corrected chi connectivity index (χ1v) is 10.6. The van der Waals surface area contributed by atoms with Crippen molar-refractivity contribution in [3.05, 3.63) is 93.5 Å². The van der Waals surface area contributed by atoms with E-state index in [1.807, 2.05) is 73.7 Å². The van der Waals surface area contributed by atoms with Crippen LogP contribution < -0.4 is 14.8 Å². The molecule has 6 heteroatoms. The van der Waals surface area contributed by atoms with E-state index in [-0.39, 0.29) is 0 Å². The molecule has 0 saturated heterocycles. The van der Waals surface area contributed by atoms with Crippen LogP contribution in [0, 0.1) is 0 Å². The van der Waals surface area contributed by atoms with Crippen LogP contribution in [0.4, 0.5) is 0 Å². The Morgan fingerprint density at radius 2 is 1.67 bits per heavy atom. The highest BCUT2D eigenvalue weighted by Gasteiger charge is 2.14. The maximum absolute atomic E-state index is 10.3. The van der Waals surface area contributed by atoms with Gasteiger partial charge in [-0.25, -0.2) is 0 Å². The zero-order chi connectivity index (χ0) is 21.3. The van der Waals surface area contributed by atoms with Gasteiger partial charge >= 0.3 is 0 Å². The molecule has 2 N–H and O–H groups in total. The van der Waals surface area contributed by atoms with Crippen molar-refractivity contribution in [3.8, 4) is 11.5 Å². The Balaban J connectivity index is 1.64. The molecule has 0 aliphatic carbocycles. The van der Waals surface area contributed by atoms with Crippen molar-refractivity contribution in [2.75, 3.05) is 13.2 Å². The van der Waals surface area contributed by atoms with Gasteiger partial charge in [-0.1, -0.05) is 65.7 Å². The molecule has 0 radical (unpaired) electrons. The maximum Gasteiger partial charge on any atom is 0.180 e. The standard InChI is InChI=1S/C24H25Cl2NO3/c1-2-29-23-13-18(14-27-15-22(28)19-6-4-3-5-7-19)12-21(26)24(23)30-16-17-8-10-20(25)11-9-17/h3-13,22,27-28H,2,14-16H2,1H3/t22-/m1/s1. The van der Waals surface area contributed by atoms with Gasteiger partial charge in [-0.15, -0.1) is 0 Å². The van der Waals surface area contributed by atoms with Gasteiger partial charge in [-0.3, -0.25) is 0 Å². The summed E-state index contributed by atoms with van der Waals surface area (Å²) in [6.45, 7) is 3.74. The molecule has 3 rings (SSSR count).